The average molecular weight is 261 g/mol. The Labute approximate surface area is 117 Å². The van der Waals surface area contributed by atoms with Gasteiger partial charge in [-0.3, -0.25) is 0 Å². The second-order valence-corrected chi connectivity index (χ2v) is 5.65. The van der Waals surface area contributed by atoms with Gasteiger partial charge < -0.3 is 10.2 Å². The lowest BCUT2D eigenvalue weighted by atomic mass is 10.0. The summed E-state index contributed by atoms with van der Waals surface area (Å²) in [4.78, 5) is 7.28. The van der Waals surface area contributed by atoms with Gasteiger partial charge in [-0.25, -0.2) is 4.98 Å². The summed E-state index contributed by atoms with van der Waals surface area (Å²) in [5, 5.41) is 3.41. The molecule has 2 heterocycles. The summed E-state index contributed by atoms with van der Waals surface area (Å²) in [6, 6.07) is 4.50. The summed E-state index contributed by atoms with van der Waals surface area (Å²) in [6.07, 6.45) is 3.66. The number of aryl methyl sites for hydroxylation is 1. The normalized spacial score (nSPS) is 19.7. The maximum atomic E-state index is 4.82. The van der Waals surface area contributed by atoms with Crippen molar-refractivity contribution >= 4 is 5.82 Å². The second-order valence-electron chi connectivity index (χ2n) is 5.65. The first-order chi connectivity index (χ1) is 9.22. The number of aromatic nitrogens is 1. The quantitative estimate of drug-likeness (QED) is 0.883. The molecule has 1 aliphatic heterocycles. The lowest BCUT2D eigenvalue weighted by molar-refractivity contribution is 0.444. The topological polar surface area (TPSA) is 28.2 Å². The van der Waals surface area contributed by atoms with Crippen molar-refractivity contribution in [2.45, 2.75) is 46.6 Å². The molecule has 1 fully saturated rings. The first-order valence-corrected chi connectivity index (χ1v) is 7.68. The minimum atomic E-state index is 0.790. The molecule has 1 unspecified atom stereocenters. The smallest absolute Gasteiger partial charge is 0.129 e. The number of anilines is 1. The Bertz CT molecular complexity index is 403. The van der Waals surface area contributed by atoms with Crippen LogP contribution in [0.4, 0.5) is 5.82 Å². The Balaban J connectivity index is 2.17. The third kappa shape index (κ3) is 3.93. The predicted molar refractivity (Wildman–Crippen MR) is 81.6 cm³/mol. The number of nitrogens with one attached hydrogen (secondary N) is 1. The van der Waals surface area contributed by atoms with Crippen LogP contribution < -0.4 is 10.2 Å². The van der Waals surface area contributed by atoms with Gasteiger partial charge in [0.05, 0.1) is 0 Å². The average Bonchev–Trinajstić information content (AvgIpc) is 2.44. The van der Waals surface area contributed by atoms with Crippen molar-refractivity contribution in [1.29, 1.82) is 0 Å². The molecule has 1 aliphatic rings. The molecule has 2 rings (SSSR count). The Kier molecular flexibility index (Phi) is 5.20. The largest absolute Gasteiger partial charge is 0.356 e. The number of nitrogens with zero attached hydrogens (tertiary/aromatic N) is 2. The highest BCUT2D eigenvalue weighted by atomic mass is 15.2. The lowest BCUT2D eigenvalue weighted by Gasteiger charge is -2.32. The first kappa shape index (κ1) is 14.3. The molecule has 3 nitrogen and oxygen atoms in total. The highest BCUT2D eigenvalue weighted by Gasteiger charge is 2.18. The molecule has 1 aromatic rings. The van der Waals surface area contributed by atoms with Crippen LogP contribution in [0.5, 0.6) is 0 Å². The van der Waals surface area contributed by atoms with Gasteiger partial charge in [-0.05, 0) is 49.4 Å². The van der Waals surface area contributed by atoms with E-state index in [2.05, 4.69) is 43.1 Å². The summed E-state index contributed by atoms with van der Waals surface area (Å²) in [5.41, 5.74) is 2.57. The van der Waals surface area contributed by atoms with Crippen LogP contribution in [0.25, 0.3) is 0 Å². The van der Waals surface area contributed by atoms with Crippen molar-refractivity contribution in [2.75, 3.05) is 24.5 Å². The molecule has 0 saturated carbocycles. The SMILES string of the molecule is CCNCc1cc(CC)nc(N2CCCC(C)C2)c1. The number of hydrogen-bond acceptors (Lipinski definition) is 3. The highest BCUT2D eigenvalue weighted by molar-refractivity contribution is 5.43. The molecule has 0 amide bonds. The molecule has 0 spiro atoms. The van der Waals surface area contributed by atoms with E-state index < -0.39 is 0 Å². The fourth-order valence-electron chi connectivity index (χ4n) is 2.75. The molecule has 1 atom stereocenters. The zero-order chi connectivity index (χ0) is 13.7. The van der Waals surface area contributed by atoms with Crippen LogP contribution in [0.3, 0.4) is 0 Å². The summed E-state index contributed by atoms with van der Waals surface area (Å²) in [5.74, 6) is 1.97. The van der Waals surface area contributed by atoms with Crippen molar-refractivity contribution in [2.24, 2.45) is 5.92 Å². The summed E-state index contributed by atoms with van der Waals surface area (Å²) < 4.78 is 0. The van der Waals surface area contributed by atoms with Crippen LogP contribution in [-0.2, 0) is 13.0 Å². The zero-order valence-electron chi connectivity index (χ0n) is 12.6. The summed E-state index contributed by atoms with van der Waals surface area (Å²) >= 11 is 0. The Morgan fingerprint density at radius 1 is 1.37 bits per heavy atom. The van der Waals surface area contributed by atoms with Gasteiger partial charge in [0.1, 0.15) is 5.82 Å². The molecule has 0 radical (unpaired) electrons. The minimum absolute atomic E-state index is 0.790. The minimum Gasteiger partial charge on any atom is -0.356 e. The third-order valence-corrected chi connectivity index (χ3v) is 3.85. The van der Waals surface area contributed by atoms with Crippen molar-refractivity contribution in [3.05, 3.63) is 23.4 Å². The monoisotopic (exact) mass is 261 g/mol. The van der Waals surface area contributed by atoms with Gasteiger partial charge >= 0.3 is 0 Å². The fraction of sp³-hybridized carbons (Fsp3) is 0.688. The summed E-state index contributed by atoms with van der Waals surface area (Å²) in [6.45, 7) is 10.9. The highest BCUT2D eigenvalue weighted by Crippen LogP contribution is 2.23. The fourth-order valence-corrected chi connectivity index (χ4v) is 2.75. The maximum Gasteiger partial charge on any atom is 0.129 e. The number of piperidine rings is 1. The Hall–Kier alpha value is -1.09. The molecule has 19 heavy (non-hydrogen) atoms. The van der Waals surface area contributed by atoms with E-state index in [0.29, 0.717) is 0 Å². The van der Waals surface area contributed by atoms with E-state index in [0.717, 1.165) is 38.5 Å². The van der Waals surface area contributed by atoms with Crippen LogP contribution >= 0.6 is 0 Å². The van der Waals surface area contributed by atoms with Crippen LogP contribution in [0.15, 0.2) is 12.1 Å². The van der Waals surface area contributed by atoms with Gasteiger partial charge in [-0.2, -0.15) is 0 Å². The molecule has 0 aliphatic carbocycles. The van der Waals surface area contributed by atoms with Gasteiger partial charge in [0.15, 0.2) is 0 Å². The lowest BCUT2D eigenvalue weighted by Crippen LogP contribution is -2.35. The number of rotatable bonds is 5. The number of pyridine rings is 1. The standard InChI is InChI=1S/C16H27N3/c1-4-15-9-14(11-17-5-2)10-16(18-15)19-8-6-7-13(3)12-19/h9-10,13,17H,4-8,11-12H2,1-3H3. The molecule has 1 N–H and O–H groups in total. The molecule has 106 valence electrons. The molecule has 3 heteroatoms. The van der Waals surface area contributed by atoms with Gasteiger partial charge in [-0.15, -0.1) is 0 Å². The molecule has 0 aromatic carbocycles. The molecule has 1 aromatic heterocycles. The first-order valence-electron chi connectivity index (χ1n) is 7.68. The van der Waals surface area contributed by atoms with E-state index in [1.807, 2.05) is 0 Å². The van der Waals surface area contributed by atoms with Gasteiger partial charge in [0.2, 0.25) is 0 Å². The zero-order valence-corrected chi connectivity index (χ0v) is 12.6. The van der Waals surface area contributed by atoms with Crippen LogP contribution in [0.1, 0.15) is 44.9 Å². The van der Waals surface area contributed by atoms with Crippen molar-refractivity contribution in [3.8, 4) is 0 Å². The van der Waals surface area contributed by atoms with Crippen molar-refractivity contribution in [3.63, 3.8) is 0 Å². The van der Waals surface area contributed by atoms with Crippen molar-refractivity contribution in [1.82, 2.24) is 10.3 Å². The van der Waals surface area contributed by atoms with E-state index in [4.69, 9.17) is 4.98 Å². The molecule has 1 saturated heterocycles. The van der Waals surface area contributed by atoms with Gasteiger partial charge in [0, 0.05) is 25.3 Å². The summed E-state index contributed by atoms with van der Waals surface area (Å²) in [7, 11) is 0. The van der Waals surface area contributed by atoms with E-state index in [-0.39, 0.29) is 0 Å². The van der Waals surface area contributed by atoms with Crippen LogP contribution in [0.2, 0.25) is 0 Å². The maximum absolute atomic E-state index is 4.82. The van der Waals surface area contributed by atoms with Crippen LogP contribution in [-0.4, -0.2) is 24.6 Å². The Morgan fingerprint density at radius 3 is 2.89 bits per heavy atom. The molecule has 0 bridgehead atoms. The van der Waals surface area contributed by atoms with Gasteiger partial charge in [0.25, 0.3) is 0 Å². The van der Waals surface area contributed by atoms with Crippen LogP contribution in [0, 0.1) is 5.92 Å². The van der Waals surface area contributed by atoms with Crippen molar-refractivity contribution < 1.29 is 0 Å². The number of hydrogen-bond donors (Lipinski definition) is 1. The van der Waals surface area contributed by atoms with E-state index in [1.54, 1.807) is 0 Å². The molecular formula is C16H27N3. The van der Waals surface area contributed by atoms with E-state index in [1.165, 1.54) is 29.9 Å². The Morgan fingerprint density at radius 2 is 2.21 bits per heavy atom. The molecular weight excluding hydrogens is 234 g/mol. The van der Waals surface area contributed by atoms with Gasteiger partial charge in [-0.1, -0.05) is 20.8 Å². The van der Waals surface area contributed by atoms with E-state index >= 15 is 0 Å². The second kappa shape index (κ2) is 6.90. The van der Waals surface area contributed by atoms with E-state index in [9.17, 15) is 0 Å². The predicted octanol–water partition coefficient (Wildman–Crippen LogP) is 2.99. The third-order valence-electron chi connectivity index (χ3n) is 3.85.